The highest BCUT2D eigenvalue weighted by molar-refractivity contribution is 9.10. The number of hydrogen-bond donors (Lipinski definition) is 2. The highest BCUT2D eigenvalue weighted by atomic mass is 79.9. The predicted octanol–water partition coefficient (Wildman–Crippen LogP) is 2.57. The van der Waals surface area contributed by atoms with Crippen molar-refractivity contribution in [1.29, 1.82) is 0 Å². The highest BCUT2D eigenvalue weighted by Crippen LogP contribution is 2.13. The molecule has 0 radical (unpaired) electrons. The molecule has 108 valence electrons. The van der Waals surface area contributed by atoms with Crippen LogP contribution in [-0.2, 0) is 16.0 Å². The molecule has 1 aromatic carbocycles. The number of nitrogens with one attached hydrogen (secondary N) is 1. The lowest BCUT2D eigenvalue weighted by Crippen LogP contribution is -2.15. The van der Waals surface area contributed by atoms with Crippen LogP contribution in [0.3, 0.4) is 0 Å². The van der Waals surface area contributed by atoms with Crippen molar-refractivity contribution >= 4 is 27.7 Å². The van der Waals surface area contributed by atoms with Gasteiger partial charge in [-0.3, -0.25) is 4.79 Å². The standard InChI is InChI=1S/C15H18BrNO3/c1-17-9-3-2-4-13(15(19)20)14(18)10-11-5-7-12(16)8-6-11/h4-8,17H,2-3,9-10H2,1H3,(H,19,20). The van der Waals surface area contributed by atoms with Crippen molar-refractivity contribution in [2.75, 3.05) is 13.6 Å². The van der Waals surface area contributed by atoms with E-state index in [-0.39, 0.29) is 17.8 Å². The number of halogens is 1. The zero-order valence-corrected chi connectivity index (χ0v) is 12.9. The summed E-state index contributed by atoms with van der Waals surface area (Å²) in [5, 5.41) is 12.1. The van der Waals surface area contributed by atoms with E-state index in [2.05, 4.69) is 21.2 Å². The Balaban J connectivity index is 2.69. The van der Waals surface area contributed by atoms with Gasteiger partial charge in [0.15, 0.2) is 5.78 Å². The van der Waals surface area contributed by atoms with E-state index in [0.717, 1.165) is 23.0 Å². The van der Waals surface area contributed by atoms with Gasteiger partial charge in [-0.05, 0) is 44.1 Å². The summed E-state index contributed by atoms with van der Waals surface area (Å²) < 4.78 is 0.926. The number of rotatable bonds is 8. The summed E-state index contributed by atoms with van der Waals surface area (Å²) in [6.45, 7) is 0.796. The third kappa shape index (κ3) is 5.67. The molecule has 0 fully saturated rings. The third-order valence-electron chi connectivity index (χ3n) is 2.79. The van der Waals surface area contributed by atoms with Crippen LogP contribution >= 0.6 is 15.9 Å². The predicted molar refractivity (Wildman–Crippen MR) is 81.7 cm³/mol. The first-order valence-corrected chi connectivity index (χ1v) is 7.19. The van der Waals surface area contributed by atoms with Crippen LogP contribution in [0, 0.1) is 0 Å². The van der Waals surface area contributed by atoms with Gasteiger partial charge >= 0.3 is 5.97 Å². The zero-order chi connectivity index (χ0) is 15.0. The molecule has 0 saturated carbocycles. The molecule has 1 aromatic rings. The lowest BCUT2D eigenvalue weighted by Gasteiger charge is -2.03. The average Bonchev–Trinajstić information content (AvgIpc) is 2.40. The molecule has 0 aliphatic carbocycles. The van der Waals surface area contributed by atoms with Crippen molar-refractivity contribution in [3.63, 3.8) is 0 Å². The molecule has 0 spiro atoms. The molecule has 0 unspecified atom stereocenters. The van der Waals surface area contributed by atoms with E-state index in [0.29, 0.717) is 6.42 Å². The Kier molecular flexibility index (Phi) is 7.18. The molecule has 1 rings (SSSR count). The van der Waals surface area contributed by atoms with Crippen molar-refractivity contribution < 1.29 is 14.7 Å². The first-order valence-electron chi connectivity index (χ1n) is 6.40. The number of carboxylic acids is 1. The fraction of sp³-hybridized carbons (Fsp3) is 0.333. The van der Waals surface area contributed by atoms with Crippen molar-refractivity contribution in [2.45, 2.75) is 19.3 Å². The van der Waals surface area contributed by atoms with Crippen LogP contribution in [0.25, 0.3) is 0 Å². The summed E-state index contributed by atoms with van der Waals surface area (Å²) in [5.74, 6) is -1.51. The molecule has 0 amide bonds. The lowest BCUT2D eigenvalue weighted by molar-refractivity contribution is -0.134. The molecule has 0 aromatic heterocycles. The molecule has 0 aliphatic heterocycles. The largest absolute Gasteiger partial charge is 0.478 e. The molecule has 0 saturated heterocycles. The van der Waals surface area contributed by atoms with E-state index < -0.39 is 5.97 Å². The highest BCUT2D eigenvalue weighted by Gasteiger charge is 2.17. The number of carboxylic acid groups (broad SMARTS) is 1. The van der Waals surface area contributed by atoms with E-state index in [1.54, 1.807) is 0 Å². The second kappa shape index (κ2) is 8.66. The Labute approximate surface area is 127 Å². The van der Waals surface area contributed by atoms with Crippen LogP contribution in [0.5, 0.6) is 0 Å². The summed E-state index contributed by atoms with van der Waals surface area (Å²) in [5.41, 5.74) is 0.685. The molecular formula is C15H18BrNO3. The minimum absolute atomic E-state index is 0.109. The van der Waals surface area contributed by atoms with Crippen LogP contribution in [0.4, 0.5) is 0 Å². The fourth-order valence-corrected chi connectivity index (χ4v) is 1.99. The number of aliphatic carboxylic acids is 1. The van der Waals surface area contributed by atoms with E-state index in [1.165, 1.54) is 6.08 Å². The number of benzene rings is 1. The third-order valence-corrected chi connectivity index (χ3v) is 3.32. The van der Waals surface area contributed by atoms with Crippen molar-refractivity contribution in [3.05, 3.63) is 46.0 Å². The van der Waals surface area contributed by atoms with Crippen molar-refractivity contribution in [3.8, 4) is 0 Å². The maximum atomic E-state index is 12.0. The maximum Gasteiger partial charge on any atom is 0.339 e. The number of unbranched alkanes of at least 4 members (excludes halogenated alkanes) is 1. The average molecular weight is 340 g/mol. The molecule has 5 heteroatoms. The first-order chi connectivity index (χ1) is 9.54. The number of carbonyl (C=O) groups is 2. The van der Waals surface area contributed by atoms with E-state index in [1.807, 2.05) is 31.3 Å². The van der Waals surface area contributed by atoms with Gasteiger partial charge in [0, 0.05) is 10.9 Å². The summed E-state index contributed by atoms with van der Waals surface area (Å²) in [6, 6.07) is 7.28. The molecular weight excluding hydrogens is 322 g/mol. The zero-order valence-electron chi connectivity index (χ0n) is 11.4. The Morgan fingerprint density at radius 3 is 2.50 bits per heavy atom. The van der Waals surface area contributed by atoms with Crippen LogP contribution in [0.2, 0.25) is 0 Å². The van der Waals surface area contributed by atoms with Gasteiger partial charge in [-0.25, -0.2) is 4.79 Å². The number of allylic oxidation sites excluding steroid dienone is 1. The van der Waals surface area contributed by atoms with Gasteiger partial charge in [-0.2, -0.15) is 0 Å². The Morgan fingerprint density at radius 2 is 1.95 bits per heavy atom. The topological polar surface area (TPSA) is 66.4 Å². The Morgan fingerprint density at radius 1 is 1.30 bits per heavy atom. The van der Waals surface area contributed by atoms with Gasteiger partial charge < -0.3 is 10.4 Å². The summed E-state index contributed by atoms with van der Waals surface area (Å²) in [6.07, 6.45) is 3.01. The number of carbonyl (C=O) groups excluding carboxylic acids is 1. The van der Waals surface area contributed by atoms with Gasteiger partial charge in [0.1, 0.15) is 0 Å². The number of hydrogen-bond acceptors (Lipinski definition) is 3. The van der Waals surface area contributed by atoms with Gasteiger partial charge in [0.25, 0.3) is 0 Å². The SMILES string of the molecule is CNCCCC=C(C(=O)O)C(=O)Cc1ccc(Br)cc1. The lowest BCUT2D eigenvalue weighted by atomic mass is 10.0. The normalized spacial score (nSPS) is 11.4. The molecule has 0 atom stereocenters. The van der Waals surface area contributed by atoms with Crippen molar-refractivity contribution in [1.82, 2.24) is 5.32 Å². The smallest absolute Gasteiger partial charge is 0.339 e. The summed E-state index contributed by atoms with van der Waals surface area (Å²) in [4.78, 5) is 23.2. The Bertz CT molecular complexity index is 494. The summed E-state index contributed by atoms with van der Waals surface area (Å²) >= 11 is 3.32. The summed E-state index contributed by atoms with van der Waals surface area (Å²) in [7, 11) is 1.83. The molecule has 4 nitrogen and oxygen atoms in total. The van der Waals surface area contributed by atoms with E-state index >= 15 is 0 Å². The second-order valence-corrected chi connectivity index (χ2v) is 5.31. The van der Waals surface area contributed by atoms with E-state index in [4.69, 9.17) is 5.11 Å². The van der Waals surface area contributed by atoms with Gasteiger partial charge in [0.2, 0.25) is 0 Å². The second-order valence-electron chi connectivity index (χ2n) is 4.40. The molecule has 0 aliphatic rings. The van der Waals surface area contributed by atoms with Crippen molar-refractivity contribution in [2.24, 2.45) is 0 Å². The number of Topliss-reactive ketones (excluding diaryl/α,β-unsaturated/α-hetero) is 1. The number of ketones is 1. The quantitative estimate of drug-likeness (QED) is 0.330. The molecule has 2 N–H and O–H groups in total. The minimum atomic E-state index is -1.16. The fourth-order valence-electron chi connectivity index (χ4n) is 1.73. The molecule has 20 heavy (non-hydrogen) atoms. The molecule has 0 bridgehead atoms. The van der Waals surface area contributed by atoms with E-state index in [9.17, 15) is 9.59 Å². The van der Waals surface area contributed by atoms with Gasteiger partial charge in [0.05, 0.1) is 5.57 Å². The van der Waals surface area contributed by atoms with Crippen LogP contribution in [0.15, 0.2) is 40.4 Å². The Hall–Kier alpha value is -1.46. The molecule has 0 heterocycles. The maximum absolute atomic E-state index is 12.0. The van der Waals surface area contributed by atoms with Gasteiger partial charge in [-0.1, -0.05) is 34.1 Å². The first kappa shape index (κ1) is 16.6. The van der Waals surface area contributed by atoms with Gasteiger partial charge in [-0.15, -0.1) is 0 Å². The minimum Gasteiger partial charge on any atom is -0.478 e. The van der Waals surface area contributed by atoms with Crippen LogP contribution in [0.1, 0.15) is 18.4 Å². The van der Waals surface area contributed by atoms with Crippen LogP contribution < -0.4 is 5.32 Å². The monoisotopic (exact) mass is 339 g/mol. The van der Waals surface area contributed by atoms with Crippen LogP contribution in [-0.4, -0.2) is 30.5 Å².